The van der Waals surface area contributed by atoms with Crippen molar-refractivity contribution in [2.45, 2.75) is 44.6 Å². The van der Waals surface area contributed by atoms with Crippen molar-refractivity contribution < 1.29 is 13.2 Å². The topological polar surface area (TPSA) is 87.3 Å². The fraction of sp³-hybridized carbons (Fsp3) is 0.409. The van der Waals surface area contributed by atoms with E-state index in [1.165, 1.54) is 0 Å². The Labute approximate surface area is 173 Å². The standard InChI is InChI=1S/C22H29N3O3S/c1-15-13-20(29(27,28)25-17(3)18-9-11-23-12-10-18)14-16(2)21(15)24-22(26)19-7-5-4-6-8-19/h4-8,13-14,17-18,23,25H,9-12H2,1-3H3,(H,24,26). The highest BCUT2D eigenvalue weighted by Crippen LogP contribution is 2.26. The van der Waals surface area contributed by atoms with Crippen molar-refractivity contribution in [3.05, 3.63) is 59.2 Å². The Morgan fingerprint density at radius 3 is 2.24 bits per heavy atom. The highest BCUT2D eigenvalue weighted by atomic mass is 32.2. The van der Waals surface area contributed by atoms with Gasteiger partial charge in [-0.05, 0) is 88.0 Å². The van der Waals surface area contributed by atoms with E-state index in [-0.39, 0.29) is 16.8 Å². The number of hydrogen-bond donors (Lipinski definition) is 3. The van der Waals surface area contributed by atoms with Gasteiger partial charge < -0.3 is 10.6 Å². The summed E-state index contributed by atoms with van der Waals surface area (Å²) in [7, 11) is -3.63. The summed E-state index contributed by atoms with van der Waals surface area (Å²) in [5.41, 5.74) is 2.62. The molecule has 2 aromatic rings. The van der Waals surface area contributed by atoms with Gasteiger partial charge in [0.2, 0.25) is 10.0 Å². The van der Waals surface area contributed by atoms with Crippen LogP contribution in [0.3, 0.4) is 0 Å². The lowest BCUT2D eigenvalue weighted by Gasteiger charge is -2.28. The molecule has 29 heavy (non-hydrogen) atoms. The molecule has 1 fully saturated rings. The van der Waals surface area contributed by atoms with E-state index in [9.17, 15) is 13.2 Å². The summed E-state index contributed by atoms with van der Waals surface area (Å²) in [5.74, 6) is 0.114. The van der Waals surface area contributed by atoms with Crippen molar-refractivity contribution in [2.75, 3.05) is 18.4 Å². The molecule has 1 heterocycles. The van der Waals surface area contributed by atoms with Crippen molar-refractivity contribution in [1.82, 2.24) is 10.0 Å². The highest BCUT2D eigenvalue weighted by molar-refractivity contribution is 7.89. The average Bonchev–Trinajstić information content (AvgIpc) is 2.71. The van der Waals surface area contributed by atoms with Gasteiger partial charge in [0.1, 0.15) is 0 Å². The van der Waals surface area contributed by atoms with Crippen LogP contribution in [-0.4, -0.2) is 33.5 Å². The molecule has 1 atom stereocenters. The van der Waals surface area contributed by atoms with E-state index in [1.54, 1.807) is 36.4 Å². The maximum absolute atomic E-state index is 12.9. The second-order valence-corrected chi connectivity index (χ2v) is 9.46. The molecular weight excluding hydrogens is 386 g/mol. The van der Waals surface area contributed by atoms with Gasteiger partial charge in [-0.15, -0.1) is 0 Å². The predicted molar refractivity (Wildman–Crippen MR) is 116 cm³/mol. The second kappa shape index (κ2) is 9.07. The maximum Gasteiger partial charge on any atom is 0.255 e. The van der Waals surface area contributed by atoms with E-state index in [1.807, 2.05) is 26.8 Å². The van der Waals surface area contributed by atoms with Crippen LogP contribution in [0.2, 0.25) is 0 Å². The fourth-order valence-electron chi connectivity index (χ4n) is 3.80. The van der Waals surface area contributed by atoms with Crippen LogP contribution in [0.4, 0.5) is 5.69 Å². The van der Waals surface area contributed by atoms with E-state index in [0.717, 1.165) is 25.9 Å². The first-order valence-electron chi connectivity index (χ1n) is 9.98. The van der Waals surface area contributed by atoms with Gasteiger partial charge in [0.15, 0.2) is 0 Å². The summed E-state index contributed by atoms with van der Waals surface area (Å²) in [5, 5.41) is 6.21. The predicted octanol–water partition coefficient (Wildman–Crippen LogP) is 3.22. The van der Waals surface area contributed by atoms with Crippen LogP contribution in [0, 0.1) is 19.8 Å². The fourth-order valence-corrected chi connectivity index (χ4v) is 5.29. The Kier molecular flexibility index (Phi) is 6.72. The molecule has 156 valence electrons. The Hall–Kier alpha value is -2.22. The lowest BCUT2D eigenvalue weighted by molar-refractivity contribution is 0.102. The van der Waals surface area contributed by atoms with Crippen LogP contribution in [-0.2, 0) is 10.0 Å². The van der Waals surface area contributed by atoms with Gasteiger partial charge in [-0.1, -0.05) is 18.2 Å². The smallest absolute Gasteiger partial charge is 0.255 e. The van der Waals surface area contributed by atoms with E-state index < -0.39 is 10.0 Å². The molecule has 0 aromatic heterocycles. The molecule has 1 amide bonds. The molecule has 0 aliphatic carbocycles. The molecule has 1 unspecified atom stereocenters. The lowest BCUT2D eigenvalue weighted by atomic mass is 9.92. The summed E-state index contributed by atoms with van der Waals surface area (Å²) >= 11 is 0. The van der Waals surface area contributed by atoms with Crippen molar-refractivity contribution >= 4 is 21.6 Å². The van der Waals surface area contributed by atoms with E-state index in [2.05, 4.69) is 15.4 Å². The van der Waals surface area contributed by atoms with Crippen molar-refractivity contribution in [3.8, 4) is 0 Å². The third-order valence-electron chi connectivity index (χ3n) is 5.52. The summed E-state index contributed by atoms with van der Waals surface area (Å²) in [6.45, 7) is 7.39. The van der Waals surface area contributed by atoms with Gasteiger partial charge in [-0.3, -0.25) is 4.79 Å². The quantitative estimate of drug-likeness (QED) is 0.676. The first-order valence-corrected chi connectivity index (χ1v) is 11.5. The van der Waals surface area contributed by atoms with Gasteiger partial charge in [0.05, 0.1) is 4.90 Å². The molecule has 2 aromatic carbocycles. The number of nitrogens with one attached hydrogen (secondary N) is 3. The van der Waals surface area contributed by atoms with E-state index >= 15 is 0 Å². The van der Waals surface area contributed by atoms with Gasteiger partial charge in [-0.2, -0.15) is 0 Å². The number of sulfonamides is 1. The van der Waals surface area contributed by atoms with Gasteiger partial charge in [0.25, 0.3) is 5.91 Å². The van der Waals surface area contributed by atoms with Crippen LogP contribution < -0.4 is 15.4 Å². The number of amides is 1. The van der Waals surface area contributed by atoms with Crippen LogP contribution in [0.25, 0.3) is 0 Å². The Bertz CT molecular complexity index is 945. The van der Waals surface area contributed by atoms with Crippen LogP contribution in [0.15, 0.2) is 47.4 Å². The third-order valence-corrected chi connectivity index (χ3v) is 7.06. The Balaban J connectivity index is 1.78. The zero-order valence-corrected chi connectivity index (χ0v) is 18.0. The molecule has 3 N–H and O–H groups in total. The molecule has 6 nitrogen and oxygen atoms in total. The molecule has 0 spiro atoms. The number of carbonyl (C=O) groups is 1. The van der Waals surface area contributed by atoms with E-state index in [0.29, 0.717) is 28.3 Å². The minimum atomic E-state index is -3.63. The zero-order chi connectivity index (χ0) is 21.0. The minimum absolute atomic E-state index is 0.125. The molecule has 0 saturated carbocycles. The molecule has 7 heteroatoms. The van der Waals surface area contributed by atoms with Crippen molar-refractivity contribution in [2.24, 2.45) is 5.92 Å². The summed E-state index contributed by atoms with van der Waals surface area (Å²) < 4.78 is 28.7. The monoisotopic (exact) mass is 415 g/mol. The van der Waals surface area contributed by atoms with Crippen molar-refractivity contribution in [3.63, 3.8) is 0 Å². The minimum Gasteiger partial charge on any atom is -0.322 e. The lowest BCUT2D eigenvalue weighted by Crippen LogP contribution is -2.42. The normalized spacial score (nSPS) is 16.4. The Morgan fingerprint density at radius 2 is 1.66 bits per heavy atom. The molecular formula is C22H29N3O3S. The van der Waals surface area contributed by atoms with Crippen LogP contribution in [0.1, 0.15) is 41.3 Å². The number of hydrogen-bond acceptors (Lipinski definition) is 4. The number of benzene rings is 2. The van der Waals surface area contributed by atoms with Crippen molar-refractivity contribution in [1.29, 1.82) is 0 Å². The highest BCUT2D eigenvalue weighted by Gasteiger charge is 2.26. The number of piperidine rings is 1. The summed E-state index contributed by atoms with van der Waals surface area (Å²) in [6, 6.07) is 12.1. The number of anilines is 1. The molecule has 1 aliphatic heterocycles. The maximum atomic E-state index is 12.9. The van der Waals surface area contributed by atoms with Crippen LogP contribution >= 0.6 is 0 Å². The number of carbonyl (C=O) groups excluding carboxylic acids is 1. The third kappa shape index (κ3) is 5.23. The summed E-state index contributed by atoms with van der Waals surface area (Å²) in [4.78, 5) is 12.7. The van der Waals surface area contributed by atoms with E-state index in [4.69, 9.17) is 0 Å². The second-order valence-electron chi connectivity index (χ2n) is 7.75. The molecule has 0 radical (unpaired) electrons. The summed E-state index contributed by atoms with van der Waals surface area (Å²) in [6.07, 6.45) is 1.93. The first kappa shape index (κ1) is 21.5. The molecule has 1 saturated heterocycles. The average molecular weight is 416 g/mol. The van der Waals surface area contributed by atoms with Gasteiger partial charge in [-0.25, -0.2) is 13.1 Å². The SMILES string of the molecule is Cc1cc(S(=O)(=O)NC(C)C2CCNCC2)cc(C)c1NC(=O)c1ccccc1. The van der Waals surface area contributed by atoms with Crippen LogP contribution in [0.5, 0.6) is 0 Å². The molecule has 3 rings (SSSR count). The zero-order valence-electron chi connectivity index (χ0n) is 17.2. The number of aryl methyl sites for hydroxylation is 2. The number of rotatable bonds is 6. The molecule has 1 aliphatic rings. The Morgan fingerprint density at radius 1 is 1.07 bits per heavy atom. The van der Waals surface area contributed by atoms with Gasteiger partial charge in [0, 0.05) is 17.3 Å². The first-order chi connectivity index (χ1) is 13.8. The van der Waals surface area contributed by atoms with Gasteiger partial charge >= 0.3 is 0 Å². The largest absolute Gasteiger partial charge is 0.322 e. The molecule has 0 bridgehead atoms.